The normalized spacial score (nSPS) is 13.2. The summed E-state index contributed by atoms with van der Waals surface area (Å²) in [6.45, 7) is 2.15. The third kappa shape index (κ3) is 3.42. The van der Waals surface area contributed by atoms with Crippen LogP contribution in [-0.2, 0) is 14.8 Å². The van der Waals surface area contributed by atoms with E-state index in [2.05, 4.69) is 0 Å². The Balaban J connectivity index is 3.40. The van der Waals surface area contributed by atoms with E-state index in [0.29, 0.717) is 5.56 Å². The van der Waals surface area contributed by atoms with Gasteiger partial charge >= 0.3 is 5.97 Å². The van der Waals surface area contributed by atoms with Gasteiger partial charge in [-0.3, -0.25) is 4.79 Å². The summed E-state index contributed by atoms with van der Waals surface area (Å²) >= 11 is 11.9. The maximum Gasteiger partial charge on any atom is 0.324 e. The van der Waals surface area contributed by atoms with E-state index < -0.39 is 28.6 Å². The quantitative estimate of drug-likeness (QED) is 0.749. The molecule has 1 atom stereocenters. The lowest BCUT2D eigenvalue weighted by Crippen LogP contribution is -2.43. The summed E-state index contributed by atoms with van der Waals surface area (Å²) in [4.78, 5) is 10.5. The van der Waals surface area contributed by atoms with Gasteiger partial charge in [0.15, 0.2) is 0 Å². The Hall–Kier alpha value is -0.860. The maximum atomic E-state index is 12.2. The zero-order valence-corrected chi connectivity index (χ0v) is 13.0. The van der Waals surface area contributed by atoms with Crippen molar-refractivity contribution in [3.8, 4) is 0 Å². The average molecular weight is 342 g/mol. The number of carboxylic acids is 1. The fourth-order valence-electron chi connectivity index (χ4n) is 1.55. The van der Waals surface area contributed by atoms with Crippen LogP contribution in [0.15, 0.2) is 11.0 Å². The van der Waals surface area contributed by atoms with Crippen LogP contribution >= 0.6 is 23.2 Å². The van der Waals surface area contributed by atoms with Crippen LogP contribution in [0.5, 0.6) is 0 Å². The first-order chi connectivity index (χ1) is 9.11. The summed E-state index contributed by atoms with van der Waals surface area (Å²) in [5.74, 6) is -1.50. The number of sulfonamides is 1. The number of benzene rings is 1. The molecule has 0 aliphatic carbocycles. The lowest BCUT2D eigenvalue weighted by atomic mass is 10.2. The van der Waals surface area contributed by atoms with E-state index in [1.54, 1.807) is 6.92 Å². The molecule has 0 bridgehead atoms. The highest BCUT2D eigenvalue weighted by Crippen LogP contribution is 2.33. The van der Waals surface area contributed by atoms with Crippen molar-refractivity contribution in [2.45, 2.75) is 24.8 Å². The monoisotopic (exact) mass is 341 g/mol. The molecule has 0 spiro atoms. The molecule has 0 radical (unpaired) electrons. The molecule has 3 N–H and O–H groups in total. The molecule has 0 amide bonds. The molecule has 0 saturated heterocycles. The fraction of sp³-hybridized carbons (Fsp3) is 0.364. The molecule has 0 aliphatic rings. The van der Waals surface area contributed by atoms with Crippen molar-refractivity contribution in [1.82, 2.24) is 4.72 Å². The molecule has 0 heterocycles. The number of rotatable bonds is 5. The first kappa shape index (κ1) is 17.2. The zero-order valence-electron chi connectivity index (χ0n) is 10.6. The van der Waals surface area contributed by atoms with Crippen LogP contribution in [0, 0.1) is 13.8 Å². The Labute approximate surface area is 126 Å². The van der Waals surface area contributed by atoms with Gasteiger partial charge in [-0.15, -0.1) is 0 Å². The van der Waals surface area contributed by atoms with Crippen molar-refractivity contribution in [3.63, 3.8) is 0 Å². The molecular formula is C11H13Cl2NO5S. The smallest absolute Gasteiger partial charge is 0.324 e. The van der Waals surface area contributed by atoms with Gasteiger partial charge < -0.3 is 10.2 Å². The molecule has 1 unspecified atom stereocenters. The summed E-state index contributed by atoms with van der Waals surface area (Å²) in [7, 11) is -4.23. The number of aryl methyl sites for hydroxylation is 1. The van der Waals surface area contributed by atoms with Gasteiger partial charge in [-0.05, 0) is 31.0 Å². The number of hydrogen-bond acceptors (Lipinski definition) is 4. The van der Waals surface area contributed by atoms with Crippen molar-refractivity contribution in [1.29, 1.82) is 0 Å². The van der Waals surface area contributed by atoms with Crippen molar-refractivity contribution >= 4 is 39.2 Å². The maximum absolute atomic E-state index is 12.2. The minimum atomic E-state index is -4.23. The number of halogens is 2. The third-order valence-electron chi connectivity index (χ3n) is 2.63. The molecule has 0 aliphatic heterocycles. The third-order valence-corrected chi connectivity index (χ3v) is 5.27. The molecule has 6 nitrogen and oxygen atoms in total. The van der Waals surface area contributed by atoms with Crippen LogP contribution in [0.2, 0.25) is 10.0 Å². The van der Waals surface area contributed by atoms with E-state index in [1.807, 2.05) is 4.72 Å². The van der Waals surface area contributed by atoms with Crippen LogP contribution in [0.3, 0.4) is 0 Å². The molecule has 112 valence electrons. The summed E-state index contributed by atoms with van der Waals surface area (Å²) in [6, 6.07) is -0.145. The van der Waals surface area contributed by atoms with Gasteiger partial charge in [-0.2, -0.15) is 4.72 Å². The van der Waals surface area contributed by atoms with Crippen LogP contribution < -0.4 is 4.72 Å². The molecule has 20 heavy (non-hydrogen) atoms. The van der Waals surface area contributed by atoms with Crippen molar-refractivity contribution < 1.29 is 23.4 Å². The van der Waals surface area contributed by atoms with Crippen molar-refractivity contribution in [2.24, 2.45) is 0 Å². The van der Waals surface area contributed by atoms with E-state index in [9.17, 15) is 13.2 Å². The Kier molecular flexibility index (Phi) is 5.39. The molecule has 0 saturated carbocycles. The Morgan fingerprint density at radius 1 is 1.40 bits per heavy atom. The number of aliphatic hydroxyl groups is 1. The Bertz CT molecular complexity index is 618. The molecule has 0 fully saturated rings. The topological polar surface area (TPSA) is 104 Å². The molecule has 1 aromatic rings. The number of carboxylic acid groups (broad SMARTS) is 1. The van der Waals surface area contributed by atoms with Gasteiger partial charge in [0.05, 0.1) is 11.6 Å². The summed E-state index contributed by atoms with van der Waals surface area (Å²) in [5, 5.41) is 17.8. The van der Waals surface area contributed by atoms with Gasteiger partial charge in [0, 0.05) is 5.02 Å². The second-order valence-corrected chi connectivity index (χ2v) is 6.57. The largest absolute Gasteiger partial charge is 0.480 e. The van der Waals surface area contributed by atoms with E-state index in [4.69, 9.17) is 33.4 Å². The van der Waals surface area contributed by atoms with Gasteiger partial charge in [0.25, 0.3) is 0 Å². The first-order valence-corrected chi connectivity index (χ1v) is 7.67. The Morgan fingerprint density at radius 3 is 2.40 bits per heavy atom. The van der Waals surface area contributed by atoms with Crippen LogP contribution in [0.4, 0.5) is 0 Å². The van der Waals surface area contributed by atoms with Gasteiger partial charge in [-0.1, -0.05) is 23.2 Å². The highest BCUT2D eigenvalue weighted by molar-refractivity contribution is 7.89. The zero-order chi connectivity index (χ0) is 15.7. The lowest BCUT2D eigenvalue weighted by molar-refractivity contribution is -0.139. The predicted octanol–water partition coefficient (Wildman–Crippen LogP) is 1.33. The molecule has 0 aromatic heterocycles. The second-order valence-electron chi connectivity index (χ2n) is 4.14. The first-order valence-electron chi connectivity index (χ1n) is 5.43. The van der Waals surface area contributed by atoms with Crippen molar-refractivity contribution in [2.75, 3.05) is 6.61 Å². The summed E-state index contributed by atoms with van der Waals surface area (Å²) in [6.07, 6.45) is 0. The van der Waals surface area contributed by atoms with Gasteiger partial charge in [0.1, 0.15) is 10.9 Å². The van der Waals surface area contributed by atoms with Gasteiger partial charge in [0.2, 0.25) is 10.0 Å². The highest BCUT2D eigenvalue weighted by atomic mass is 35.5. The van der Waals surface area contributed by atoms with Crippen LogP contribution in [0.25, 0.3) is 0 Å². The van der Waals surface area contributed by atoms with E-state index >= 15 is 0 Å². The summed E-state index contributed by atoms with van der Waals surface area (Å²) < 4.78 is 26.3. The van der Waals surface area contributed by atoms with E-state index in [1.165, 1.54) is 13.0 Å². The van der Waals surface area contributed by atoms with Crippen molar-refractivity contribution in [3.05, 3.63) is 27.2 Å². The number of hydrogen-bond donors (Lipinski definition) is 3. The number of aliphatic hydroxyl groups excluding tert-OH is 1. The minimum absolute atomic E-state index is 0.0403. The standard InChI is InChI=1S/C11H13Cl2NO5S/c1-5-3-7(12)6(2)10(9(5)13)20(18,19)14-8(4-15)11(16)17/h3,8,14-15H,4H2,1-2H3,(H,16,17). The second kappa shape index (κ2) is 6.28. The van der Waals surface area contributed by atoms with Gasteiger partial charge in [-0.25, -0.2) is 8.42 Å². The lowest BCUT2D eigenvalue weighted by Gasteiger charge is -2.16. The van der Waals surface area contributed by atoms with Crippen LogP contribution in [0.1, 0.15) is 11.1 Å². The SMILES string of the molecule is Cc1cc(Cl)c(C)c(S(=O)(=O)NC(CO)C(=O)O)c1Cl. The predicted molar refractivity (Wildman–Crippen MR) is 74.8 cm³/mol. The molecule has 1 aromatic carbocycles. The van der Waals surface area contributed by atoms with E-state index in [-0.39, 0.29) is 20.5 Å². The number of nitrogens with one attached hydrogen (secondary N) is 1. The molecule has 9 heteroatoms. The molecule has 1 rings (SSSR count). The minimum Gasteiger partial charge on any atom is -0.480 e. The average Bonchev–Trinajstić information content (AvgIpc) is 2.33. The fourth-order valence-corrected chi connectivity index (χ4v) is 3.94. The Morgan fingerprint density at radius 2 is 1.95 bits per heavy atom. The van der Waals surface area contributed by atoms with Crippen LogP contribution in [-0.4, -0.2) is 37.2 Å². The number of carbonyl (C=O) groups is 1. The summed E-state index contributed by atoms with van der Waals surface area (Å²) in [5.41, 5.74) is 0.648. The highest BCUT2D eigenvalue weighted by Gasteiger charge is 2.29. The molecular weight excluding hydrogens is 329 g/mol. The number of aliphatic carboxylic acids is 1. The van der Waals surface area contributed by atoms with E-state index in [0.717, 1.165) is 0 Å².